The third kappa shape index (κ3) is 12.8. The Bertz CT molecular complexity index is 1620. The molecule has 19 nitrogen and oxygen atoms in total. The van der Waals surface area contributed by atoms with E-state index in [2.05, 4.69) is 20.2 Å². The van der Waals surface area contributed by atoms with Crippen LogP contribution in [-0.2, 0) is 25.7 Å². The normalized spacial score (nSPS) is 17.7. The van der Waals surface area contributed by atoms with Crippen LogP contribution in [0.2, 0.25) is 0 Å². The summed E-state index contributed by atoms with van der Waals surface area (Å²) in [5, 5.41) is 47.4. The minimum Gasteiger partial charge on any atom is -0.549 e. The van der Waals surface area contributed by atoms with Crippen molar-refractivity contribution in [2.24, 2.45) is 0 Å². The van der Waals surface area contributed by atoms with E-state index in [1.807, 2.05) is 6.92 Å². The monoisotopic (exact) mass is 797 g/mol. The van der Waals surface area contributed by atoms with Crippen LogP contribution in [0, 0.1) is 0 Å². The van der Waals surface area contributed by atoms with Gasteiger partial charge in [0.15, 0.2) is 0 Å². The fourth-order valence-corrected chi connectivity index (χ4v) is 6.58. The Kier molecular flexibility index (Phi) is 17.1. The van der Waals surface area contributed by atoms with Crippen LogP contribution in [0.25, 0.3) is 11.0 Å². The quantitative estimate of drug-likeness (QED) is 0.126. The van der Waals surface area contributed by atoms with Gasteiger partial charge in [-0.15, -0.1) is 0 Å². The SMILES string of the molecule is CCn1cc(C(=O)NCCCC(C(=O)O)N2CCN(CC(=O)[O-])CCN(CC(=O)[O-])CCN(CC(=O)[O-])CC2)c(=O)c2cnc(N3CCCC3)nc21.[Ga+3]. The summed E-state index contributed by atoms with van der Waals surface area (Å²) in [7, 11) is 0. The number of rotatable bonds is 15. The van der Waals surface area contributed by atoms with Crippen molar-refractivity contribution >= 4 is 66.6 Å². The van der Waals surface area contributed by atoms with Gasteiger partial charge in [0, 0.05) is 111 Å². The summed E-state index contributed by atoms with van der Waals surface area (Å²) in [4.78, 5) is 90.6. The second-order valence-corrected chi connectivity index (χ2v) is 13.0. The van der Waals surface area contributed by atoms with Crippen LogP contribution in [0.3, 0.4) is 0 Å². The number of carbonyl (C=O) groups is 5. The van der Waals surface area contributed by atoms with Crippen molar-refractivity contribution in [3.63, 3.8) is 0 Å². The van der Waals surface area contributed by atoms with Crippen LogP contribution >= 0.6 is 0 Å². The number of hydrogen-bond acceptors (Lipinski definition) is 16. The van der Waals surface area contributed by atoms with Crippen molar-refractivity contribution in [1.29, 1.82) is 0 Å². The van der Waals surface area contributed by atoms with Crippen LogP contribution in [0.1, 0.15) is 43.0 Å². The number of hydrogen-bond donors (Lipinski definition) is 2. The number of aromatic nitrogens is 3. The van der Waals surface area contributed by atoms with Crippen LogP contribution in [-0.4, -0.2) is 186 Å². The molecule has 53 heavy (non-hydrogen) atoms. The summed E-state index contributed by atoms with van der Waals surface area (Å²) >= 11 is 0. The molecule has 4 heterocycles. The average molecular weight is 799 g/mol. The van der Waals surface area contributed by atoms with Crippen molar-refractivity contribution in [3.05, 3.63) is 28.2 Å². The first-order valence-electron chi connectivity index (χ1n) is 17.5. The number of anilines is 1. The van der Waals surface area contributed by atoms with Gasteiger partial charge in [0.2, 0.25) is 11.4 Å². The van der Waals surface area contributed by atoms with E-state index < -0.39 is 60.9 Å². The van der Waals surface area contributed by atoms with E-state index in [0.717, 1.165) is 25.9 Å². The third-order valence-corrected chi connectivity index (χ3v) is 9.37. The second-order valence-electron chi connectivity index (χ2n) is 13.0. The smallest absolute Gasteiger partial charge is 0.549 e. The molecule has 0 spiro atoms. The van der Waals surface area contributed by atoms with Crippen molar-refractivity contribution in [3.8, 4) is 0 Å². The maximum atomic E-state index is 13.3. The summed E-state index contributed by atoms with van der Waals surface area (Å²) in [5.41, 5.74) is -0.176. The molecule has 0 aliphatic carbocycles. The van der Waals surface area contributed by atoms with E-state index in [1.54, 1.807) is 9.47 Å². The maximum absolute atomic E-state index is 13.3. The van der Waals surface area contributed by atoms with Gasteiger partial charge in [-0.3, -0.25) is 34.0 Å². The molecule has 0 radical (unpaired) electrons. The molecule has 2 aromatic rings. The van der Waals surface area contributed by atoms with Gasteiger partial charge in [-0.25, -0.2) is 4.98 Å². The fraction of sp³-hybridized carbons (Fsp3) is 0.636. The van der Waals surface area contributed by atoms with Gasteiger partial charge in [0.1, 0.15) is 17.3 Å². The Balaban J connectivity index is 0.00000756. The zero-order valence-electron chi connectivity index (χ0n) is 29.9. The number of nitrogens with one attached hydrogen (secondary N) is 1. The first kappa shape index (κ1) is 43.3. The van der Waals surface area contributed by atoms with Gasteiger partial charge in [-0.1, -0.05) is 0 Å². The number of aliphatic carboxylic acids is 4. The summed E-state index contributed by atoms with van der Waals surface area (Å²) in [5.74, 6) is -5.30. The number of carboxylic acids is 4. The van der Waals surface area contributed by atoms with Gasteiger partial charge >= 0.3 is 25.8 Å². The third-order valence-electron chi connectivity index (χ3n) is 9.37. The van der Waals surface area contributed by atoms with Crippen molar-refractivity contribution in [2.75, 3.05) is 96.5 Å². The van der Waals surface area contributed by atoms with E-state index in [1.165, 1.54) is 27.1 Å². The van der Waals surface area contributed by atoms with Crippen LogP contribution < -0.4 is 31.0 Å². The molecule has 1 amide bonds. The molecule has 1 atom stereocenters. The molecule has 20 heteroatoms. The van der Waals surface area contributed by atoms with Gasteiger partial charge in [0.25, 0.3) is 5.91 Å². The molecular weight excluding hydrogens is 752 g/mol. The van der Waals surface area contributed by atoms with E-state index >= 15 is 0 Å². The van der Waals surface area contributed by atoms with Crippen LogP contribution in [0.4, 0.5) is 5.95 Å². The minimum absolute atomic E-state index is 0. The second kappa shape index (κ2) is 21.0. The molecule has 2 aromatic heterocycles. The molecule has 1 unspecified atom stereocenters. The zero-order chi connectivity index (χ0) is 37.8. The largest absolute Gasteiger partial charge is 3.00 e. The van der Waals surface area contributed by atoms with Gasteiger partial charge in [-0.05, 0) is 32.6 Å². The Hall–Kier alpha value is -4.08. The zero-order valence-corrected chi connectivity index (χ0v) is 32.4. The Labute approximate surface area is 319 Å². The van der Waals surface area contributed by atoms with Crippen molar-refractivity contribution < 1.29 is 44.4 Å². The molecule has 2 N–H and O–H groups in total. The maximum Gasteiger partial charge on any atom is 3.00 e. The standard InChI is InChI=1S/C33H49N9O10.Ga/c1-2-40-19-24(29(49)23-18-35-33(36-30(23)40)42-8-3-4-9-42)31(50)34-7-5-6-25(32(51)52)41-16-14-38(21-27(45)46)12-10-37(20-26(43)44)11-13-39(15-17-41)22-28(47)48;/h18-19,25H,2-17,20-22H2,1H3,(H,34,50)(H,43,44)(H,45,46)(H,47,48)(H,51,52);/q;+3/p-3. The summed E-state index contributed by atoms with van der Waals surface area (Å²) in [6.45, 7) is 3.56. The number of amides is 1. The fourth-order valence-electron chi connectivity index (χ4n) is 6.58. The summed E-state index contributed by atoms with van der Waals surface area (Å²) in [6, 6.07) is -1.08. The van der Waals surface area contributed by atoms with Crippen LogP contribution in [0.15, 0.2) is 17.2 Å². The van der Waals surface area contributed by atoms with Crippen molar-refractivity contribution in [1.82, 2.24) is 39.5 Å². The first-order valence-corrected chi connectivity index (χ1v) is 17.5. The topological polar surface area (TPSA) is 251 Å². The first-order chi connectivity index (χ1) is 24.9. The Morgan fingerprint density at radius 3 is 1.81 bits per heavy atom. The average Bonchev–Trinajstić information content (AvgIpc) is 3.63. The van der Waals surface area contributed by atoms with Gasteiger partial charge < -0.3 is 49.6 Å². The van der Waals surface area contributed by atoms with E-state index in [-0.39, 0.29) is 102 Å². The number of carboxylic acid groups (broad SMARTS) is 4. The molecule has 2 aliphatic rings. The molecule has 0 aromatic carbocycles. The molecule has 2 aliphatic heterocycles. The van der Waals surface area contributed by atoms with Crippen molar-refractivity contribution in [2.45, 2.75) is 45.2 Å². The molecule has 4 rings (SSSR count). The summed E-state index contributed by atoms with van der Waals surface area (Å²) in [6.07, 6.45) is 5.26. The number of carbonyl (C=O) groups excluding carboxylic acids is 4. The Morgan fingerprint density at radius 1 is 0.830 bits per heavy atom. The van der Waals surface area contributed by atoms with E-state index in [4.69, 9.17) is 0 Å². The predicted molar refractivity (Wildman–Crippen MR) is 186 cm³/mol. The molecule has 2 saturated heterocycles. The molecule has 0 bridgehead atoms. The molecule has 0 saturated carbocycles. The number of fused-ring (bicyclic) bond motifs is 1. The van der Waals surface area contributed by atoms with E-state index in [9.17, 15) is 49.2 Å². The van der Waals surface area contributed by atoms with Gasteiger partial charge in [0.05, 0.1) is 23.3 Å². The number of pyridine rings is 1. The molecule has 2 fully saturated rings. The summed E-state index contributed by atoms with van der Waals surface area (Å²) < 4.78 is 1.72. The van der Waals surface area contributed by atoms with Crippen LogP contribution in [0.5, 0.6) is 0 Å². The predicted octanol–water partition coefficient (Wildman–Crippen LogP) is -5.53. The Morgan fingerprint density at radius 2 is 1.34 bits per heavy atom. The number of aryl methyl sites for hydroxylation is 1. The molecular formula is C33H46GaN9O10. The van der Waals surface area contributed by atoms with E-state index in [0.29, 0.717) is 18.1 Å². The van der Waals surface area contributed by atoms with Gasteiger partial charge in [-0.2, -0.15) is 4.98 Å². The minimum atomic E-state index is -1.35. The number of nitrogens with zero attached hydrogens (tertiary/aromatic N) is 8. The molecule has 286 valence electrons.